The van der Waals surface area contributed by atoms with Gasteiger partial charge < -0.3 is 15.2 Å². The second-order valence-corrected chi connectivity index (χ2v) is 3.59. The molecule has 1 rings (SSSR count). The van der Waals surface area contributed by atoms with E-state index < -0.39 is 0 Å². The van der Waals surface area contributed by atoms with Crippen molar-refractivity contribution in [3.05, 3.63) is 0 Å². The number of amides is 1. The average Bonchev–Trinajstić information content (AvgIpc) is 2.18. The molecule has 1 aliphatic heterocycles. The molecule has 5 nitrogen and oxygen atoms in total. The third kappa shape index (κ3) is 3.35. The molecule has 0 aromatic heterocycles. The van der Waals surface area contributed by atoms with Gasteiger partial charge in [-0.05, 0) is 20.3 Å². The molecule has 0 bridgehead atoms. The molecule has 0 aliphatic carbocycles. The van der Waals surface area contributed by atoms with Gasteiger partial charge in [0.15, 0.2) is 0 Å². The number of hydrogen-bond donors (Lipinski definition) is 1. The Labute approximate surface area is 90.5 Å². The second-order valence-electron chi connectivity index (χ2n) is 3.59. The smallest absolute Gasteiger partial charge is 0.411 e. The topological polar surface area (TPSA) is 64.8 Å². The number of carbonyl (C=O) groups is 1. The van der Waals surface area contributed by atoms with Crippen molar-refractivity contribution in [3.63, 3.8) is 0 Å². The van der Waals surface area contributed by atoms with Crippen LogP contribution in [0, 0.1) is 0 Å². The Hall–Kier alpha value is -0.810. The van der Waals surface area contributed by atoms with Gasteiger partial charge in [-0.1, -0.05) is 0 Å². The van der Waals surface area contributed by atoms with Gasteiger partial charge in [0.2, 0.25) is 0 Å². The van der Waals surface area contributed by atoms with Gasteiger partial charge in [0.1, 0.15) is 6.23 Å². The summed E-state index contributed by atoms with van der Waals surface area (Å²) in [5.41, 5.74) is 5.83. The number of nitrogens with two attached hydrogens (primary N) is 1. The molecule has 0 spiro atoms. The average molecular weight is 216 g/mol. The molecule has 1 heterocycles. The first-order chi connectivity index (χ1) is 7.19. The molecule has 1 unspecified atom stereocenters. The lowest BCUT2D eigenvalue weighted by atomic mass is 10.1. The predicted octanol–water partition coefficient (Wildman–Crippen LogP) is 0.929. The zero-order chi connectivity index (χ0) is 11.3. The first-order valence-corrected chi connectivity index (χ1v) is 5.49. The highest BCUT2D eigenvalue weighted by Crippen LogP contribution is 2.18. The van der Waals surface area contributed by atoms with Crippen molar-refractivity contribution in [1.29, 1.82) is 0 Å². The molecule has 0 saturated carbocycles. The van der Waals surface area contributed by atoms with Crippen LogP contribution in [-0.2, 0) is 9.47 Å². The van der Waals surface area contributed by atoms with Crippen LogP contribution in [0.5, 0.6) is 0 Å². The highest BCUT2D eigenvalue weighted by molar-refractivity contribution is 5.68. The van der Waals surface area contributed by atoms with Crippen LogP contribution in [0.4, 0.5) is 4.79 Å². The maximum Gasteiger partial charge on any atom is 0.411 e. The van der Waals surface area contributed by atoms with Gasteiger partial charge in [-0.3, -0.25) is 4.90 Å². The zero-order valence-corrected chi connectivity index (χ0v) is 9.44. The van der Waals surface area contributed by atoms with Crippen molar-refractivity contribution in [1.82, 2.24) is 4.90 Å². The summed E-state index contributed by atoms with van der Waals surface area (Å²) in [5, 5.41) is 0. The van der Waals surface area contributed by atoms with E-state index in [4.69, 9.17) is 15.2 Å². The Kier molecular flexibility index (Phi) is 4.84. The summed E-state index contributed by atoms with van der Waals surface area (Å²) in [6.45, 7) is 5.28. The minimum atomic E-state index is -0.303. The van der Waals surface area contributed by atoms with Gasteiger partial charge in [-0.25, -0.2) is 4.79 Å². The van der Waals surface area contributed by atoms with Crippen LogP contribution in [0.1, 0.15) is 26.7 Å². The summed E-state index contributed by atoms with van der Waals surface area (Å²) in [7, 11) is 0. The molecule has 0 radical (unpaired) electrons. The van der Waals surface area contributed by atoms with E-state index in [1.807, 2.05) is 6.92 Å². The molecule has 1 aliphatic rings. The fraction of sp³-hybridized carbons (Fsp3) is 0.900. The summed E-state index contributed by atoms with van der Waals surface area (Å²) in [6, 6.07) is 0.118. The van der Waals surface area contributed by atoms with E-state index in [1.54, 1.807) is 11.8 Å². The second kappa shape index (κ2) is 5.92. The first-order valence-electron chi connectivity index (χ1n) is 5.49. The van der Waals surface area contributed by atoms with E-state index in [0.29, 0.717) is 26.2 Å². The molecule has 1 fully saturated rings. The minimum absolute atomic E-state index is 0.118. The first kappa shape index (κ1) is 12.3. The van der Waals surface area contributed by atoms with Crippen LogP contribution in [0.25, 0.3) is 0 Å². The Morgan fingerprint density at radius 2 is 2.20 bits per heavy atom. The summed E-state index contributed by atoms with van der Waals surface area (Å²) in [4.78, 5) is 13.2. The number of carbonyl (C=O) groups excluding carboxylic acids is 1. The largest absolute Gasteiger partial charge is 0.450 e. The molecule has 5 heteroatoms. The predicted molar refractivity (Wildman–Crippen MR) is 56.4 cm³/mol. The fourth-order valence-electron chi connectivity index (χ4n) is 1.72. The molecule has 2 N–H and O–H groups in total. The SMILES string of the molecule is CCOC(=O)N1CCC(N)C[C@@H]1OCC. The van der Waals surface area contributed by atoms with Crippen LogP contribution < -0.4 is 5.73 Å². The van der Waals surface area contributed by atoms with E-state index in [1.165, 1.54) is 0 Å². The van der Waals surface area contributed by atoms with E-state index in [2.05, 4.69) is 0 Å². The van der Waals surface area contributed by atoms with E-state index in [0.717, 1.165) is 6.42 Å². The maximum absolute atomic E-state index is 11.6. The highest BCUT2D eigenvalue weighted by atomic mass is 16.6. The third-order valence-corrected chi connectivity index (χ3v) is 2.45. The van der Waals surface area contributed by atoms with Crippen LogP contribution in [0.3, 0.4) is 0 Å². The minimum Gasteiger partial charge on any atom is -0.450 e. The molecule has 1 saturated heterocycles. The van der Waals surface area contributed by atoms with Gasteiger partial charge in [0.05, 0.1) is 6.61 Å². The van der Waals surface area contributed by atoms with Crippen LogP contribution in [-0.4, -0.2) is 43.0 Å². The normalized spacial score (nSPS) is 26.5. The van der Waals surface area contributed by atoms with Crippen molar-refractivity contribution in [3.8, 4) is 0 Å². The Morgan fingerprint density at radius 3 is 2.80 bits per heavy atom. The quantitative estimate of drug-likeness (QED) is 0.762. The van der Waals surface area contributed by atoms with Gasteiger partial charge >= 0.3 is 6.09 Å². The molecule has 15 heavy (non-hydrogen) atoms. The summed E-state index contributed by atoms with van der Waals surface area (Å²) in [6.07, 6.45) is 0.968. The van der Waals surface area contributed by atoms with Gasteiger partial charge in [-0.15, -0.1) is 0 Å². The standard InChI is InChI=1S/C10H20N2O3/c1-3-14-9-7-8(11)5-6-12(9)10(13)15-4-2/h8-9H,3-7,11H2,1-2H3/t8?,9-/m0/s1. The molecule has 88 valence electrons. The zero-order valence-electron chi connectivity index (χ0n) is 9.44. The lowest BCUT2D eigenvalue weighted by molar-refractivity contribution is -0.0705. The van der Waals surface area contributed by atoms with E-state index in [-0.39, 0.29) is 18.4 Å². The fourth-order valence-corrected chi connectivity index (χ4v) is 1.72. The van der Waals surface area contributed by atoms with Crippen molar-refractivity contribution >= 4 is 6.09 Å². The summed E-state index contributed by atoms with van der Waals surface area (Å²) >= 11 is 0. The molecule has 1 amide bonds. The molecular weight excluding hydrogens is 196 g/mol. The van der Waals surface area contributed by atoms with E-state index in [9.17, 15) is 4.79 Å². The lowest BCUT2D eigenvalue weighted by Gasteiger charge is -2.36. The van der Waals surface area contributed by atoms with Crippen molar-refractivity contribution in [2.24, 2.45) is 5.73 Å². The molecule has 2 atom stereocenters. The number of piperidine rings is 1. The number of rotatable bonds is 3. The van der Waals surface area contributed by atoms with Crippen LogP contribution in [0.2, 0.25) is 0 Å². The Morgan fingerprint density at radius 1 is 1.47 bits per heavy atom. The van der Waals surface area contributed by atoms with Crippen molar-refractivity contribution in [2.45, 2.75) is 39.0 Å². The van der Waals surface area contributed by atoms with Gasteiger partial charge in [0.25, 0.3) is 0 Å². The van der Waals surface area contributed by atoms with Gasteiger partial charge in [-0.2, -0.15) is 0 Å². The Bertz CT molecular complexity index is 211. The molecular formula is C10H20N2O3. The van der Waals surface area contributed by atoms with E-state index >= 15 is 0 Å². The number of nitrogens with zero attached hydrogens (tertiary/aromatic N) is 1. The van der Waals surface area contributed by atoms with Crippen molar-refractivity contribution in [2.75, 3.05) is 19.8 Å². The third-order valence-electron chi connectivity index (χ3n) is 2.45. The molecule has 0 aromatic carbocycles. The Balaban J connectivity index is 2.55. The lowest BCUT2D eigenvalue weighted by Crippen LogP contribution is -2.51. The van der Waals surface area contributed by atoms with Crippen LogP contribution in [0.15, 0.2) is 0 Å². The highest BCUT2D eigenvalue weighted by Gasteiger charge is 2.31. The maximum atomic E-state index is 11.6. The monoisotopic (exact) mass is 216 g/mol. The van der Waals surface area contributed by atoms with Gasteiger partial charge in [0, 0.05) is 25.6 Å². The summed E-state index contributed by atoms with van der Waals surface area (Å²) < 4.78 is 10.4. The number of likely N-dealkylation sites (tertiary alicyclic amines) is 1. The van der Waals surface area contributed by atoms with Crippen molar-refractivity contribution < 1.29 is 14.3 Å². The number of ether oxygens (including phenoxy) is 2. The number of hydrogen-bond acceptors (Lipinski definition) is 4. The molecule has 0 aromatic rings. The van der Waals surface area contributed by atoms with Crippen LogP contribution >= 0.6 is 0 Å². The summed E-state index contributed by atoms with van der Waals surface area (Å²) in [5.74, 6) is 0.